The number of oxime groups is 1. The molecule has 0 atom stereocenters. The van der Waals surface area contributed by atoms with Gasteiger partial charge in [-0.25, -0.2) is 4.39 Å². The van der Waals surface area contributed by atoms with Gasteiger partial charge in [-0.05, 0) is 25.1 Å². The third-order valence-electron chi connectivity index (χ3n) is 2.87. The van der Waals surface area contributed by atoms with Crippen molar-refractivity contribution in [2.45, 2.75) is 20.0 Å². The highest BCUT2D eigenvalue weighted by Crippen LogP contribution is 2.15. The van der Waals surface area contributed by atoms with Crippen LogP contribution < -0.4 is 11.1 Å². The first kappa shape index (κ1) is 14.5. The monoisotopic (exact) mass is 293 g/mol. The maximum Gasteiger partial charge on any atom is 0.170 e. The summed E-state index contributed by atoms with van der Waals surface area (Å²) in [6, 6.07) is 8.65. The molecule has 106 valence electrons. The van der Waals surface area contributed by atoms with Crippen molar-refractivity contribution in [3.63, 3.8) is 0 Å². The van der Waals surface area contributed by atoms with Crippen molar-refractivity contribution in [3.8, 4) is 0 Å². The zero-order valence-electron chi connectivity index (χ0n) is 11.1. The van der Waals surface area contributed by atoms with E-state index in [2.05, 4.69) is 29.5 Å². The lowest BCUT2D eigenvalue weighted by Crippen LogP contribution is -2.16. The van der Waals surface area contributed by atoms with E-state index >= 15 is 0 Å². The van der Waals surface area contributed by atoms with E-state index in [1.165, 1.54) is 15.8 Å². The van der Waals surface area contributed by atoms with E-state index in [4.69, 9.17) is 10.9 Å². The molecule has 0 unspecified atom stereocenters. The van der Waals surface area contributed by atoms with Crippen LogP contribution in [0, 0.1) is 12.7 Å². The van der Waals surface area contributed by atoms with Crippen LogP contribution in [0.3, 0.4) is 0 Å². The van der Waals surface area contributed by atoms with E-state index in [0.29, 0.717) is 24.2 Å². The molecule has 1 heterocycles. The highest BCUT2D eigenvalue weighted by atomic mass is 32.1. The maximum absolute atomic E-state index is 13.8. The minimum absolute atomic E-state index is 0.0996. The lowest BCUT2D eigenvalue weighted by Gasteiger charge is -2.06. The molecule has 4 N–H and O–H groups in total. The van der Waals surface area contributed by atoms with Crippen LogP contribution in [0.15, 0.2) is 35.5 Å². The fourth-order valence-corrected chi connectivity index (χ4v) is 2.67. The van der Waals surface area contributed by atoms with Gasteiger partial charge in [-0.15, -0.1) is 11.3 Å². The van der Waals surface area contributed by atoms with E-state index in [-0.39, 0.29) is 11.7 Å². The zero-order chi connectivity index (χ0) is 14.5. The standard InChI is InChI=1S/C14H16FN3OS/c1-9-2-5-12(20-9)8-17-7-11-4-3-10(6-13(11)15)14(16)18-19/h2-6,17,19H,7-8H2,1H3,(H2,16,18). The Morgan fingerprint density at radius 3 is 2.75 bits per heavy atom. The van der Waals surface area contributed by atoms with E-state index in [1.807, 2.05) is 0 Å². The number of nitrogens with one attached hydrogen (secondary N) is 1. The summed E-state index contributed by atoms with van der Waals surface area (Å²) >= 11 is 1.72. The van der Waals surface area contributed by atoms with Crippen molar-refractivity contribution >= 4 is 17.2 Å². The lowest BCUT2D eigenvalue weighted by molar-refractivity contribution is 0.318. The van der Waals surface area contributed by atoms with Crippen molar-refractivity contribution in [1.82, 2.24) is 5.32 Å². The van der Waals surface area contributed by atoms with E-state index in [1.54, 1.807) is 23.5 Å². The van der Waals surface area contributed by atoms with Crippen LogP contribution >= 0.6 is 11.3 Å². The van der Waals surface area contributed by atoms with Crippen LogP contribution in [-0.2, 0) is 13.1 Å². The minimum Gasteiger partial charge on any atom is -0.409 e. The topological polar surface area (TPSA) is 70.6 Å². The van der Waals surface area contributed by atoms with Gasteiger partial charge in [0, 0.05) is 34.0 Å². The first-order valence-electron chi connectivity index (χ1n) is 6.12. The molecule has 2 aromatic rings. The summed E-state index contributed by atoms with van der Waals surface area (Å²) in [5.74, 6) is -0.471. The molecule has 0 amide bonds. The average molecular weight is 293 g/mol. The van der Waals surface area contributed by atoms with E-state index in [0.717, 1.165) is 0 Å². The minimum atomic E-state index is -0.371. The predicted molar refractivity (Wildman–Crippen MR) is 78.5 cm³/mol. The summed E-state index contributed by atoms with van der Waals surface area (Å²) in [6.45, 7) is 3.19. The van der Waals surface area contributed by atoms with Crippen LogP contribution in [0.4, 0.5) is 4.39 Å². The van der Waals surface area contributed by atoms with Gasteiger partial charge in [-0.3, -0.25) is 0 Å². The van der Waals surface area contributed by atoms with Crippen LogP contribution in [-0.4, -0.2) is 11.0 Å². The number of nitrogens with zero attached hydrogens (tertiary/aromatic N) is 1. The normalized spacial score (nSPS) is 11.8. The fraction of sp³-hybridized carbons (Fsp3) is 0.214. The summed E-state index contributed by atoms with van der Waals surface area (Å²) in [5, 5.41) is 14.6. The van der Waals surface area contributed by atoms with E-state index < -0.39 is 0 Å². The summed E-state index contributed by atoms with van der Waals surface area (Å²) in [5.41, 5.74) is 6.32. The number of hydrogen-bond acceptors (Lipinski definition) is 4. The quantitative estimate of drug-likeness (QED) is 0.343. The molecule has 20 heavy (non-hydrogen) atoms. The highest BCUT2D eigenvalue weighted by Gasteiger charge is 2.06. The molecular formula is C14H16FN3OS. The highest BCUT2D eigenvalue weighted by molar-refractivity contribution is 7.11. The van der Waals surface area contributed by atoms with Crippen LogP contribution in [0.1, 0.15) is 20.9 Å². The summed E-state index contributed by atoms with van der Waals surface area (Å²) in [4.78, 5) is 2.48. The summed E-state index contributed by atoms with van der Waals surface area (Å²) in [6.07, 6.45) is 0. The fourth-order valence-electron chi connectivity index (χ4n) is 1.81. The molecule has 1 aromatic heterocycles. The first-order valence-corrected chi connectivity index (χ1v) is 6.94. The largest absolute Gasteiger partial charge is 0.409 e. The number of aryl methyl sites for hydroxylation is 1. The number of benzene rings is 1. The molecule has 4 nitrogen and oxygen atoms in total. The number of rotatable bonds is 5. The van der Waals surface area contributed by atoms with Gasteiger partial charge in [-0.1, -0.05) is 17.3 Å². The van der Waals surface area contributed by atoms with Crippen molar-refractivity contribution in [3.05, 3.63) is 57.0 Å². The summed E-state index contributed by atoms with van der Waals surface area (Å²) in [7, 11) is 0. The first-order chi connectivity index (χ1) is 9.60. The lowest BCUT2D eigenvalue weighted by atomic mass is 10.1. The van der Waals surface area contributed by atoms with Crippen molar-refractivity contribution in [1.29, 1.82) is 0 Å². The summed E-state index contributed by atoms with van der Waals surface area (Å²) < 4.78 is 13.8. The molecule has 0 spiro atoms. The molecule has 0 aliphatic rings. The Kier molecular flexibility index (Phi) is 4.70. The zero-order valence-corrected chi connectivity index (χ0v) is 11.9. The Bertz CT molecular complexity index is 625. The Balaban J connectivity index is 1.96. The van der Waals surface area contributed by atoms with Gasteiger partial charge in [0.2, 0.25) is 0 Å². The van der Waals surface area contributed by atoms with Gasteiger partial charge in [0.15, 0.2) is 5.84 Å². The molecule has 0 bridgehead atoms. The molecule has 1 aromatic carbocycles. The predicted octanol–water partition coefficient (Wildman–Crippen LogP) is 2.58. The van der Waals surface area contributed by atoms with Crippen LogP contribution in [0.25, 0.3) is 0 Å². The molecular weight excluding hydrogens is 277 g/mol. The number of halogens is 1. The van der Waals surface area contributed by atoms with Gasteiger partial charge < -0.3 is 16.3 Å². The number of amidine groups is 1. The molecule has 0 fully saturated rings. The SMILES string of the molecule is Cc1ccc(CNCc2ccc(C(N)=NO)cc2F)s1. The maximum atomic E-state index is 13.8. The van der Waals surface area contributed by atoms with Gasteiger partial charge in [0.05, 0.1) is 0 Å². The second-order valence-electron chi connectivity index (χ2n) is 4.41. The second-order valence-corrected chi connectivity index (χ2v) is 5.78. The molecule has 0 aliphatic heterocycles. The Labute approximate surface area is 120 Å². The van der Waals surface area contributed by atoms with Gasteiger partial charge in [0.25, 0.3) is 0 Å². The molecule has 6 heteroatoms. The average Bonchev–Trinajstić information content (AvgIpc) is 2.85. The van der Waals surface area contributed by atoms with Crippen molar-refractivity contribution in [2.24, 2.45) is 10.9 Å². The Morgan fingerprint density at radius 1 is 1.35 bits per heavy atom. The van der Waals surface area contributed by atoms with Gasteiger partial charge in [-0.2, -0.15) is 0 Å². The third kappa shape index (κ3) is 3.55. The number of hydrogen-bond donors (Lipinski definition) is 3. The van der Waals surface area contributed by atoms with Crippen molar-refractivity contribution in [2.75, 3.05) is 0 Å². The van der Waals surface area contributed by atoms with E-state index in [9.17, 15) is 4.39 Å². The molecule has 0 saturated carbocycles. The number of nitrogens with two attached hydrogens (primary N) is 1. The number of thiophene rings is 1. The van der Waals surface area contributed by atoms with Crippen LogP contribution in [0.5, 0.6) is 0 Å². The molecule has 2 rings (SSSR count). The Hall–Kier alpha value is -1.92. The second kappa shape index (κ2) is 6.49. The third-order valence-corrected chi connectivity index (χ3v) is 3.87. The van der Waals surface area contributed by atoms with Gasteiger partial charge in [0.1, 0.15) is 5.82 Å². The van der Waals surface area contributed by atoms with Crippen molar-refractivity contribution < 1.29 is 9.60 Å². The molecule has 0 aliphatic carbocycles. The Morgan fingerprint density at radius 2 is 2.15 bits per heavy atom. The smallest absolute Gasteiger partial charge is 0.170 e. The van der Waals surface area contributed by atoms with Gasteiger partial charge >= 0.3 is 0 Å². The molecule has 0 saturated heterocycles. The molecule has 0 radical (unpaired) electrons. The van der Waals surface area contributed by atoms with Crippen LogP contribution in [0.2, 0.25) is 0 Å².